The zero-order chi connectivity index (χ0) is 9.84. The van der Waals surface area contributed by atoms with E-state index >= 15 is 0 Å². The monoisotopic (exact) mass is 216 g/mol. The molecular formula is C6H2Cl2N4O. The highest BCUT2D eigenvalue weighted by Gasteiger charge is 2.07. The van der Waals surface area contributed by atoms with E-state index in [1.54, 1.807) is 0 Å². The molecule has 1 aromatic rings. The highest BCUT2D eigenvalue weighted by molar-refractivity contribution is 6.39. The Hall–Kier alpha value is -1.29. The Balaban J connectivity index is 3.35. The summed E-state index contributed by atoms with van der Waals surface area (Å²) in [5, 5.41) is 6.01. The molecule has 0 fully saturated rings. The molecule has 0 aromatic heterocycles. The zero-order valence-corrected chi connectivity index (χ0v) is 7.62. The number of benzene rings is 1. The van der Waals surface area contributed by atoms with Crippen LogP contribution < -0.4 is 0 Å². The van der Waals surface area contributed by atoms with Gasteiger partial charge in [0.05, 0.1) is 10.0 Å². The first-order valence-corrected chi connectivity index (χ1v) is 3.82. The molecular weight excluding hydrogens is 215 g/mol. The summed E-state index contributed by atoms with van der Waals surface area (Å²) in [6.07, 6.45) is 0. The third kappa shape index (κ3) is 2.09. The lowest BCUT2D eigenvalue weighted by atomic mass is 10.3. The van der Waals surface area contributed by atoms with Crippen molar-refractivity contribution >= 4 is 34.6 Å². The summed E-state index contributed by atoms with van der Waals surface area (Å²) in [5.41, 5.74) is 8.30. The summed E-state index contributed by atoms with van der Waals surface area (Å²) < 4.78 is 0. The first-order chi connectivity index (χ1) is 6.19. The summed E-state index contributed by atoms with van der Waals surface area (Å²) in [6, 6.07) is 2.62. The SMILES string of the molecule is [N-]=[N+]=Nc1cc(Cl)c(N=O)c(Cl)c1. The fourth-order valence-electron chi connectivity index (χ4n) is 0.749. The zero-order valence-electron chi connectivity index (χ0n) is 6.11. The highest BCUT2D eigenvalue weighted by Crippen LogP contribution is 2.36. The molecule has 0 N–H and O–H groups in total. The molecule has 0 aliphatic heterocycles. The highest BCUT2D eigenvalue weighted by atomic mass is 35.5. The normalized spacial score (nSPS) is 9.08. The van der Waals surface area contributed by atoms with Gasteiger partial charge in [-0.25, -0.2) is 0 Å². The predicted octanol–water partition coefficient (Wildman–Crippen LogP) is 4.33. The van der Waals surface area contributed by atoms with Gasteiger partial charge < -0.3 is 0 Å². The van der Waals surface area contributed by atoms with Crippen molar-refractivity contribution in [3.05, 3.63) is 37.5 Å². The van der Waals surface area contributed by atoms with E-state index in [0.717, 1.165) is 0 Å². The van der Waals surface area contributed by atoms with Gasteiger partial charge in [-0.1, -0.05) is 28.3 Å². The largest absolute Gasteiger partial charge is 0.145 e. The van der Waals surface area contributed by atoms with Crippen molar-refractivity contribution in [1.82, 2.24) is 0 Å². The van der Waals surface area contributed by atoms with Crippen LogP contribution in [0.2, 0.25) is 10.0 Å². The summed E-state index contributed by atoms with van der Waals surface area (Å²) in [4.78, 5) is 12.7. The lowest BCUT2D eigenvalue weighted by Gasteiger charge is -1.98. The number of nitrogens with zero attached hydrogens (tertiary/aromatic N) is 4. The van der Waals surface area contributed by atoms with Crippen molar-refractivity contribution in [3.8, 4) is 0 Å². The summed E-state index contributed by atoms with van der Waals surface area (Å²) in [5.74, 6) is 0. The molecule has 0 aliphatic rings. The third-order valence-electron chi connectivity index (χ3n) is 1.25. The van der Waals surface area contributed by atoms with Gasteiger partial charge in [-0.15, -0.1) is 4.91 Å². The van der Waals surface area contributed by atoms with Gasteiger partial charge in [-0.2, -0.15) is 0 Å². The summed E-state index contributed by atoms with van der Waals surface area (Å²) in [7, 11) is 0. The van der Waals surface area contributed by atoms with Gasteiger partial charge in [0.15, 0.2) is 0 Å². The lowest BCUT2D eigenvalue weighted by molar-refractivity contribution is 1.44. The van der Waals surface area contributed by atoms with E-state index in [1.807, 2.05) is 0 Å². The van der Waals surface area contributed by atoms with E-state index in [4.69, 9.17) is 28.7 Å². The first kappa shape index (κ1) is 9.80. The van der Waals surface area contributed by atoms with E-state index < -0.39 is 0 Å². The first-order valence-electron chi connectivity index (χ1n) is 3.06. The minimum atomic E-state index is -0.0553. The van der Waals surface area contributed by atoms with E-state index in [9.17, 15) is 4.91 Å². The van der Waals surface area contributed by atoms with Crippen LogP contribution in [0.3, 0.4) is 0 Å². The van der Waals surface area contributed by atoms with Crippen molar-refractivity contribution in [3.63, 3.8) is 0 Å². The van der Waals surface area contributed by atoms with Gasteiger partial charge in [-0.3, -0.25) is 0 Å². The van der Waals surface area contributed by atoms with Crippen LogP contribution in [-0.2, 0) is 0 Å². The van der Waals surface area contributed by atoms with E-state index in [0.29, 0.717) is 0 Å². The van der Waals surface area contributed by atoms with Gasteiger partial charge in [-0.05, 0) is 22.8 Å². The Morgan fingerprint density at radius 3 is 2.23 bits per heavy atom. The second kappa shape index (κ2) is 4.09. The van der Waals surface area contributed by atoms with E-state index in [2.05, 4.69) is 15.2 Å². The van der Waals surface area contributed by atoms with Crippen LogP contribution >= 0.6 is 23.2 Å². The van der Waals surface area contributed by atoms with Crippen molar-refractivity contribution in [2.45, 2.75) is 0 Å². The smallest absolute Gasteiger partial charge is 0.145 e. The minimum Gasteiger partial charge on any atom is -0.145 e. The molecule has 66 valence electrons. The molecule has 7 heteroatoms. The average molecular weight is 217 g/mol. The molecule has 0 spiro atoms. The summed E-state index contributed by atoms with van der Waals surface area (Å²) >= 11 is 11.2. The Morgan fingerprint density at radius 1 is 1.31 bits per heavy atom. The number of rotatable bonds is 2. The second-order valence-corrected chi connectivity index (χ2v) is 2.85. The van der Waals surface area contributed by atoms with Gasteiger partial charge in [0.2, 0.25) is 0 Å². The van der Waals surface area contributed by atoms with Crippen molar-refractivity contribution in [2.75, 3.05) is 0 Å². The Labute approximate surface area is 82.9 Å². The third-order valence-corrected chi connectivity index (χ3v) is 1.83. The molecule has 13 heavy (non-hydrogen) atoms. The number of nitroso groups, excluding NO2 is 1. The van der Waals surface area contributed by atoms with Crippen LogP contribution in [0.4, 0.5) is 11.4 Å². The number of halogens is 2. The van der Waals surface area contributed by atoms with Gasteiger partial charge >= 0.3 is 0 Å². The fraction of sp³-hybridized carbons (Fsp3) is 0. The van der Waals surface area contributed by atoms with Crippen LogP contribution in [0.15, 0.2) is 22.4 Å². The molecule has 0 heterocycles. The molecule has 0 atom stereocenters. The quantitative estimate of drug-likeness (QED) is 0.314. The van der Waals surface area contributed by atoms with Crippen LogP contribution in [0.1, 0.15) is 0 Å². The number of hydrogen-bond acceptors (Lipinski definition) is 3. The molecule has 0 saturated carbocycles. The predicted molar refractivity (Wildman–Crippen MR) is 50.7 cm³/mol. The van der Waals surface area contributed by atoms with Crippen LogP contribution in [-0.4, -0.2) is 0 Å². The van der Waals surface area contributed by atoms with E-state index in [1.165, 1.54) is 12.1 Å². The van der Waals surface area contributed by atoms with Crippen LogP contribution in [0.25, 0.3) is 10.4 Å². The molecule has 1 aromatic carbocycles. The number of azide groups is 1. The van der Waals surface area contributed by atoms with Crippen molar-refractivity contribution < 1.29 is 0 Å². The van der Waals surface area contributed by atoms with Crippen LogP contribution in [0.5, 0.6) is 0 Å². The Kier molecular flexibility index (Phi) is 3.08. The maximum absolute atomic E-state index is 10.2. The second-order valence-electron chi connectivity index (χ2n) is 2.04. The van der Waals surface area contributed by atoms with E-state index in [-0.39, 0.29) is 21.4 Å². The molecule has 5 nitrogen and oxygen atoms in total. The Morgan fingerprint density at radius 2 is 1.85 bits per heavy atom. The van der Waals surface area contributed by atoms with Crippen LogP contribution in [0, 0.1) is 4.91 Å². The van der Waals surface area contributed by atoms with Gasteiger partial charge in [0.25, 0.3) is 0 Å². The molecule has 1 rings (SSSR count). The molecule has 0 unspecified atom stereocenters. The maximum Gasteiger partial charge on any atom is 0.145 e. The molecule has 0 saturated heterocycles. The van der Waals surface area contributed by atoms with Crippen molar-refractivity contribution in [2.24, 2.45) is 10.3 Å². The molecule has 0 radical (unpaired) electrons. The maximum atomic E-state index is 10.2. The Bertz CT molecular complexity index is 377. The van der Waals surface area contributed by atoms with Gasteiger partial charge in [0.1, 0.15) is 5.69 Å². The van der Waals surface area contributed by atoms with Crippen molar-refractivity contribution in [1.29, 1.82) is 0 Å². The lowest BCUT2D eigenvalue weighted by Crippen LogP contribution is -1.70. The summed E-state index contributed by atoms with van der Waals surface area (Å²) in [6.45, 7) is 0. The van der Waals surface area contributed by atoms with Gasteiger partial charge in [0, 0.05) is 10.6 Å². The number of hydrogen-bond donors (Lipinski definition) is 0. The topological polar surface area (TPSA) is 78.2 Å². The minimum absolute atomic E-state index is 0.0553. The standard InChI is InChI=1S/C6H2Cl2N4O/c7-4-1-3(10-12-9)2-5(8)6(4)11-13/h1-2H. The fourth-order valence-corrected chi connectivity index (χ4v) is 1.29. The molecule has 0 amide bonds. The molecule has 0 bridgehead atoms. The molecule has 0 aliphatic carbocycles. The average Bonchev–Trinajstić information content (AvgIpc) is 2.04.